The number of hydrogen-bond donors (Lipinski definition) is 1. The zero-order valence-corrected chi connectivity index (χ0v) is 11.6. The zero-order chi connectivity index (χ0) is 14.5. The van der Waals surface area contributed by atoms with E-state index in [0.29, 0.717) is 6.61 Å². The Morgan fingerprint density at radius 2 is 2.11 bits per heavy atom. The van der Waals surface area contributed by atoms with Gasteiger partial charge in [-0.3, -0.25) is 10.1 Å². The van der Waals surface area contributed by atoms with Gasteiger partial charge in [0.2, 0.25) is 0 Å². The van der Waals surface area contributed by atoms with E-state index in [2.05, 4.69) is 5.32 Å². The van der Waals surface area contributed by atoms with E-state index >= 15 is 0 Å². The first-order valence-corrected chi connectivity index (χ1v) is 7.73. The van der Waals surface area contributed by atoms with Crippen molar-refractivity contribution in [2.24, 2.45) is 0 Å². The second-order valence-corrected chi connectivity index (χ2v) is 6.16. The van der Waals surface area contributed by atoms with Crippen LogP contribution in [0.5, 0.6) is 5.75 Å². The standard InChI is InChI=1S/C11H16N2O5S/c1-3-18-10-6-4-5-9(11(10)13(14)15)12-7-8-19(2,16)17/h4-6,12H,3,7-8H2,1-2H3. The maximum Gasteiger partial charge on any atom is 0.333 e. The highest BCUT2D eigenvalue weighted by atomic mass is 32.2. The first kappa shape index (κ1) is 15.2. The normalized spacial score (nSPS) is 11.1. The number of sulfone groups is 1. The number of nitrogens with zero attached hydrogens (tertiary/aromatic N) is 1. The van der Waals surface area contributed by atoms with Gasteiger partial charge in [0, 0.05) is 12.8 Å². The summed E-state index contributed by atoms with van der Waals surface area (Å²) in [7, 11) is -3.11. The van der Waals surface area contributed by atoms with Crippen LogP contribution in [0.4, 0.5) is 11.4 Å². The summed E-state index contributed by atoms with van der Waals surface area (Å²) in [4.78, 5) is 10.5. The number of benzene rings is 1. The Balaban J connectivity index is 2.93. The van der Waals surface area contributed by atoms with Crippen molar-refractivity contribution in [3.63, 3.8) is 0 Å². The van der Waals surface area contributed by atoms with Gasteiger partial charge in [0.05, 0.1) is 17.3 Å². The Morgan fingerprint density at radius 3 is 2.63 bits per heavy atom. The molecule has 1 rings (SSSR count). The molecule has 106 valence electrons. The Hall–Kier alpha value is -1.83. The third-order valence-electron chi connectivity index (χ3n) is 2.27. The molecule has 0 unspecified atom stereocenters. The molecule has 0 aliphatic carbocycles. The number of para-hydroxylation sites is 1. The lowest BCUT2D eigenvalue weighted by molar-refractivity contribution is -0.384. The summed E-state index contributed by atoms with van der Waals surface area (Å²) in [5, 5.41) is 13.8. The van der Waals surface area contributed by atoms with Crippen LogP contribution in [0.1, 0.15) is 6.92 Å². The quantitative estimate of drug-likeness (QED) is 0.602. The predicted octanol–water partition coefficient (Wildman–Crippen LogP) is 1.45. The fraction of sp³-hybridized carbons (Fsp3) is 0.455. The summed E-state index contributed by atoms with van der Waals surface area (Å²) >= 11 is 0. The van der Waals surface area contributed by atoms with Gasteiger partial charge in [0.1, 0.15) is 15.5 Å². The van der Waals surface area contributed by atoms with Crippen molar-refractivity contribution in [3.8, 4) is 5.75 Å². The molecule has 19 heavy (non-hydrogen) atoms. The molecule has 0 atom stereocenters. The molecule has 0 spiro atoms. The molecule has 0 radical (unpaired) electrons. The van der Waals surface area contributed by atoms with Crippen molar-refractivity contribution in [1.82, 2.24) is 0 Å². The van der Waals surface area contributed by atoms with Crippen LogP contribution in [0.2, 0.25) is 0 Å². The number of anilines is 1. The molecule has 7 nitrogen and oxygen atoms in total. The van der Waals surface area contributed by atoms with Gasteiger partial charge in [0.15, 0.2) is 5.75 Å². The van der Waals surface area contributed by atoms with Gasteiger partial charge in [-0.15, -0.1) is 0 Å². The lowest BCUT2D eigenvalue weighted by Gasteiger charge is -2.09. The lowest BCUT2D eigenvalue weighted by Crippen LogP contribution is -2.15. The Kier molecular flexibility index (Phi) is 5.11. The first-order valence-electron chi connectivity index (χ1n) is 5.67. The van der Waals surface area contributed by atoms with E-state index in [1.165, 1.54) is 12.1 Å². The van der Waals surface area contributed by atoms with Gasteiger partial charge in [-0.2, -0.15) is 0 Å². The van der Waals surface area contributed by atoms with Crippen LogP contribution in [-0.2, 0) is 9.84 Å². The van der Waals surface area contributed by atoms with Crippen molar-refractivity contribution >= 4 is 21.2 Å². The largest absolute Gasteiger partial charge is 0.487 e. The van der Waals surface area contributed by atoms with Crippen molar-refractivity contribution < 1.29 is 18.1 Å². The zero-order valence-electron chi connectivity index (χ0n) is 10.8. The maximum atomic E-state index is 11.0. The van der Waals surface area contributed by atoms with Crippen molar-refractivity contribution in [2.45, 2.75) is 6.92 Å². The number of rotatable bonds is 7. The number of nitro benzene ring substituents is 1. The average Bonchev–Trinajstić information content (AvgIpc) is 2.27. The first-order chi connectivity index (χ1) is 8.85. The highest BCUT2D eigenvalue weighted by molar-refractivity contribution is 7.90. The molecular formula is C11H16N2O5S. The van der Waals surface area contributed by atoms with E-state index < -0.39 is 14.8 Å². The molecule has 0 aliphatic heterocycles. The molecule has 1 aromatic carbocycles. The molecular weight excluding hydrogens is 272 g/mol. The molecule has 0 amide bonds. The fourth-order valence-corrected chi connectivity index (χ4v) is 1.97. The van der Waals surface area contributed by atoms with Crippen LogP contribution in [0, 0.1) is 10.1 Å². The van der Waals surface area contributed by atoms with Crippen LogP contribution in [0.25, 0.3) is 0 Å². The predicted molar refractivity (Wildman–Crippen MR) is 72.5 cm³/mol. The van der Waals surface area contributed by atoms with Crippen molar-refractivity contribution in [3.05, 3.63) is 28.3 Å². The van der Waals surface area contributed by atoms with Gasteiger partial charge in [-0.25, -0.2) is 8.42 Å². The van der Waals surface area contributed by atoms with Crippen LogP contribution in [0.15, 0.2) is 18.2 Å². The molecule has 8 heteroatoms. The van der Waals surface area contributed by atoms with E-state index in [-0.39, 0.29) is 29.4 Å². The van der Waals surface area contributed by atoms with Gasteiger partial charge < -0.3 is 10.1 Å². The Bertz CT molecular complexity index is 556. The Labute approximate surface area is 111 Å². The topological polar surface area (TPSA) is 98.5 Å². The minimum Gasteiger partial charge on any atom is -0.487 e. The summed E-state index contributed by atoms with van der Waals surface area (Å²) in [5.41, 5.74) is 0.0671. The van der Waals surface area contributed by atoms with Crippen LogP contribution in [-0.4, -0.2) is 38.5 Å². The van der Waals surface area contributed by atoms with Crippen LogP contribution >= 0.6 is 0 Å². The summed E-state index contributed by atoms with van der Waals surface area (Å²) in [6.07, 6.45) is 1.11. The summed E-state index contributed by atoms with van der Waals surface area (Å²) in [6.45, 7) is 2.15. The third kappa shape index (κ3) is 4.74. The molecule has 0 bridgehead atoms. The van der Waals surface area contributed by atoms with Crippen LogP contribution < -0.4 is 10.1 Å². The number of nitro groups is 1. The van der Waals surface area contributed by atoms with E-state index in [9.17, 15) is 18.5 Å². The number of nitrogens with one attached hydrogen (secondary N) is 1. The molecule has 0 saturated carbocycles. The van der Waals surface area contributed by atoms with Crippen molar-refractivity contribution in [1.29, 1.82) is 0 Å². The summed E-state index contributed by atoms with van der Waals surface area (Å²) in [5.74, 6) is 0.0695. The maximum absolute atomic E-state index is 11.0. The number of ether oxygens (including phenoxy) is 1. The molecule has 0 fully saturated rings. The van der Waals surface area contributed by atoms with E-state index in [1.54, 1.807) is 13.0 Å². The minimum atomic E-state index is -3.11. The second kappa shape index (κ2) is 6.37. The monoisotopic (exact) mass is 288 g/mol. The molecule has 0 aliphatic rings. The van der Waals surface area contributed by atoms with Gasteiger partial charge in [-0.05, 0) is 19.1 Å². The van der Waals surface area contributed by atoms with Gasteiger partial charge >= 0.3 is 5.69 Å². The molecule has 0 heterocycles. The molecule has 1 N–H and O–H groups in total. The molecule has 1 aromatic rings. The van der Waals surface area contributed by atoms with Gasteiger partial charge in [0.25, 0.3) is 0 Å². The summed E-state index contributed by atoms with van der Waals surface area (Å²) in [6, 6.07) is 4.63. The summed E-state index contributed by atoms with van der Waals surface area (Å²) < 4.78 is 27.2. The smallest absolute Gasteiger partial charge is 0.333 e. The average molecular weight is 288 g/mol. The van der Waals surface area contributed by atoms with E-state index in [1.807, 2.05) is 0 Å². The Morgan fingerprint density at radius 1 is 1.42 bits per heavy atom. The highest BCUT2D eigenvalue weighted by Crippen LogP contribution is 2.34. The highest BCUT2D eigenvalue weighted by Gasteiger charge is 2.20. The van der Waals surface area contributed by atoms with Crippen LogP contribution in [0.3, 0.4) is 0 Å². The SMILES string of the molecule is CCOc1cccc(NCCS(C)(=O)=O)c1[N+](=O)[O-]. The number of hydrogen-bond acceptors (Lipinski definition) is 6. The van der Waals surface area contributed by atoms with Gasteiger partial charge in [-0.1, -0.05) is 6.07 Å². The molecule has 0 saturated heterocycles. The second-order valence-electron chi connectivity index (χ2n) is 3.90. The fourth-order valence-electron chi connectivity index (χ4n) is 1.50. The molecule has 0 aromatic heterocycles. The van der Waals surface area contributed by atoms with E-state index in [4.69, 9.17) is 4.74 Å². The third-order valence-corrected chi connectivity index (χ3v) is 3.22. The minimum absolute atomic E-state index is 0.0942. The van der Waals surface area contributed by atoms with E-state index in [0.717, 1.165) is 6.26 Å². The lowest BCUT2D eigenvalue weighted by atomic mass is 10.2. The van der Waals surface area contributed by atoms with Crippen molar-refractivity contribution in [2.75, 3.05) is 30.5 Å².